The molecule has 2 rings (SSSR count). The van der Waals surface area contributed by atoms with Gasteiger partial charge in [0.1, 0.15) is 23.6 Å². The lowest BCUT2D eigenvalue weighted by Gasteiger charge is -2.24. The van der Waals surface area contributed by atoms with Crippen LogP contribution in [-0.2, 0) is 32.9 Å². The van der Waals surface area contributed by atoms with Gasteiger partial charge in [-0.2, -0.15) is 5.09 Å². The van der Waals surface area contributed by atoms with Gasteiger partial charge in [-0.05, 0) is 45.0 Å². The molecule has 0 radical (unpaired) electrons. The maximum absolute atomic E-state index is 13.4. The first-order chi connectivity index (χ1) is 14.5. The van der Waals surface area contributed by atoms with Gasteiger partial charge in [0.25, 0.3) is 5.91 Å². The van der Waals surface area contributed by atoms with Crippen molar-refractivity contribution in [2.45, 2.75) is 44.8 Å². The Hall–Kier alpha value is -2.21. The standard InChI is InChI=1S/C18H27N2O10P/c1-11(17(22)26-5)20-31(24,30-13-8-6-12(25-4)7-9-13)27-10-14-15(16(21)19-23)29-18(2,3)28-14/h6-9,11,14-15,23H,10H2,1-5H3,(H,19,21)(H,20,24)/t11-,14+,15+,31?/m0/s1. The van der Waals surface area contributed by atoms with Crippen LogP contribution in [0, 0.1) is 0 Å². The van der Waals surface area contributed by atoms with Crippen molar-refractivity contribution in [2.24, 2.45) is 0 Å². The van der Waals surface area contributed by atoms with Gasteiger partial charge in [0.15, 0.2) is 11.9 Å². The second kappa shape index (κ2) is 10.4. The zero-order chi connectivity index (χ0) is 23.2. The lowest BCUT2D eigenvalue weighted by molar-refractivity contribution is -0.160. The number of hydroxylamine groups is 1. The molecule has 1 fully saturated rings. The highest BCUT2D eigenvalue weighted by atomic mass is 31.2. The van der Waals surface area contributed by atoms with Gasteiger partial charge >= 0.3 is 13.7 Å². The van der Waals surface area contributed by atoms with Crippen LogP contribution >= 0.6 is 7.75 Å². The van der Waals surface area contributed by atoms with E-state index in [-0.39, 0.29) is 5.75 Å². The van der Waals surface area contributed by atoms with E-state index < -0.39 is 50.3 Å². The molecule has 1 aliphatic rings. The number of methoxy groups -OCH3 is 2. The summed E-state index contributed by atoms with van der Waals surface area (Å²) in [6.45, 7) is 4.13. The van der Waals surface area contributed by atoms with Crippen molar-refractivity contribution in [3.05, 3.63) is 24.3 Å². The van der Waals surface area contributed by atoms with E-state index in [2.05, 4.69) is 9.82 Å². The monoisotopic (exact) mass is 462 g/mol. The predicted molar refractivity (Wildman–Crippen MR) is 106 cm³/mol. The Morgan fingerprint density at radius 1 is 1.19 bits per heavy atom. The number of hydrogen-bond acceptors (Lipinski definition) is 10. The number of benzene rings is 1. The third-order valence-corrected chi connectivity index (χ3v) is 5.80. The minimum atomic E-state index is -4.17. The van der Waals surface area contributed by atoms with Crippen molar-refractivity contribution in [2.75, 3.05) is 20.8 Å². The molecule has 0 spiro atoms. The Labute approximate surface area is 179 Å². The number of ether oxygens (including phenoxy) is 4. The summed E-state index contributed by atoms with van der Waals surface area (Å²) in [4.78, 5) is 23.7. The minimum absolute atomic E-state index is 0.169. The normalized spacial score (nSPS) is 22.8. The molecule has 174 valence electrons. The number of carbonyl (C=O) groups is 2. The number of rotatable bonds is 10. The van der Waals surface area contributed by atoms with Gasteiger partial charge in [-0.15, -0.1) is 0 Å². The third-order valence-electron chi connectivity index (χ3n) is 4.15. The van der Waals surface area contributed by atoms with E-state index in [4.69, 9.17) is 28.5 Å². The van der Waals surface area contributed by atoms with E-state index in [1.807, 2.05) is 0 Å². The van der Waals surface area contributed by atoms with Crippen molar-refractivity contribution >= 4 is 19.6 Å². The van der Waals surface area contributed by atoms with E-state index in [9.17, 15) is 14.2 Å². The van der Waals surface area contributed by atoms with E-state index in [0.29, 0.717) is 5.75 Å². The first kappa shape index (κ1) is 25.1. The first-order valence-electron chi connectivity index (χ1n) is 9.26. The van der Waals surface area contributed by atoms with Crippen molar-refractivity contribution in [1.82, 2.24) is 10.6 Å². The fourth-order valence-electron chi connectivity index (χ4n) is 2.75. The van der Waals surface area contributed by atoms with Gasteiger partial charge in [-0.25, -0.2) is 10.0 Å². The smallest absolute Gasteiger partial charge is 0.459 e. The Morgan fingerprint density at radius 3 is 2.35 bits per heavy atom. The van der Waals surface area contributed by atoms with Crippen LogP contribution in [0.3, 0.4) is 0 Å². The molecule has 1 aliphatic heterocycles. The minimum Gasteiger partial charge on any atom is -0.497 e. The second-order valence-electron chi connectivity index (χ2n) is 7.00. The summed E-state index contributed by atoms with van der Waals surface area (Å²) >= 11 is 0. The predicted octanol–water partition coefficient (Wildman–Crippen LogP) is 1.38. The van der Waals surface area contributed by atoms with Gasteiger partial charge in [-0.3, -0.25) is 19.3 Å². The molecule has 0 bridgehead atoms. The zero-order valence-corrected chi connectivity index (χ0v) is 18.7. The summed E-state index contributed by atoms with van der Waals surface area (Å²) in [7, 11) is -1.49. The van der Waals surface area contributed by atoms with E-state index in [1.165, 1.54) is 38.8 Å². The van der Waals surface area contributed by atoms with Crippen molar-refractivity contribution < 1.29 is 47.4 Å². The third kappa shape index (κ3) is 6.89. The fourth-order valence-corrected chi connectivity index (χ4v) is 4.25. The van der Waals surface area contributed by atoms with Gasteiger partial charge in [0.2, 0.25) is 0 Å². The Bertz CT molecular complexity index is 816. The quantitative estimate of drug-likeness (QED) is 0.200. The van der Waals surface area contributed by atoms with Crippen LogP contribution in [0.1, 0.15) is 20.8 Å². The molecule has 13 heteroatoms. The first-order valence-corrected chi connectivity index (χ1v) is 10.8. The largest absolute Gasteiger partial charge is 0.497 e. The highest BCUT2D eigenvalue weighted by molar-refractivity contribution is 7.52. The van der Waals surface area contributed by atoms with Gasteiger partial charge < -0.3 is 23.5 Å². The molecular formula is C18H27N2O10P. The molecule has 1 unspecified atom stereocenters. The highest BCUT2D eigenvalue weighted by Gasteiger charge is 2.46. The fraction of sp³-hybridized carbons (Fsp3) is 0.556. The molecule has 3 N–H and O–H groups in total. The lowest BCUT2D eigenvalue weighted by Crippen LogP contribution is -2.42. The van der Waals surface area contributed by atoms with Crippen LogP contribution in [0.5, 0.6) is 11.5 Å². The molecule has 0 aliphatic carbocycles. The SMILES string of the molecule is COC(=O)[C@H](C)NP(=O)(OC[C@H]1OC(C)(C)O[C@H]1C(=O)NO)Oc1ccc(OC)cc1. The van der Waals surface area contributed by atoms with Crippen LogP contribution < -0.4 is 19.8 Å². The molecule has 4 atom stereocenters. The Kier molecular flexibility index (Phi) is 8.41. The molecular weight excluding hydrogens is 435 g/mol. The molecule has 12 nitrogen and oxygen atoms in total. The van der Waals surface area contributed by atoms with E-state index in [1.54, 1.807) is 26.0 Å². The summed E-state index contributed by atoms with van der Waals surface area (Å²) in [5.41, 5.74) is 1.49. The molecule has 31 heavy (non-hydrogen) atoms. The van der Waals surface area contributed by atoms with Crippen molar-refractivity contribution in [3.63, 3.8) is 0 Å². The van der Waals surface area contributed by atoms with Crippen LogP contribution in [-0.4, -0.2) is 61.9 Å². The molecule has 0 saturated carbocycles. The van der Waals surface area contributed by atoms with E-state index >= 15 is 0 Å². The van der Waals surface area contributed by atoms with Crippen molar-refractivity contribution in [1.29, 1.82) is 0 Å². The van der Waals surface area contributed by atoms with Crippen LogP contribution in [0.4, 0.5) is 0 Å². The van der Waals surface area contributed by atoms with Crippen LogP contribution in [0.2, 0.25) is 0 Å². The summed E-state index contributed by atoms with van der Waals surface area (Å²) in [6.07, 6.45) is -2.25. The molecule has 1 aromatic carbocycles. The Balaban J connectivity index is 2.19. The molecule has 1 saturated heterocycles. The number of nitrogens with one attached hydrogen (secondary N) is 2. The summed E-state index contributed by atoms with van der Waals surface area (Å²) in [5, 5.41) is 11.4. The number of esters is 1. The van der Waals surface area contributed by atoms with Crippen molar-refractivity contribution in [3.8, 4) is 11.5 Å². The average Bonchev–Trinajstić information content (AvgIpc) is 3.06. The summed E-state index contributed by atoms with van der Waals surface area (Å²) in [5.74, 6) is -1.99. The average molecular weight is 462 g/mol. The lowest BCUT2D eigenvalue weighted by atomic mass is 10.2. The van der Waals surface area contributed by atoms with Gasteiger partial charge in [-0.1, -0.05) is 0 Å². The molecule has 1 heterocycles. The maximum atomic E-state index is 13.4. The zero-order valence-electron chi connectivity index (χ0n) is 17.8. The van der Waals surface area contributed by atoms with Gasteiger partial charge in [0.05, 0.1) is 20.8 Å². The highest BCUT2D eigenvalue weighted by Crippen LogP contribution is 2.46. The summed E-state index contributed by atoms with van der Waals surface area (Å²) in [6, 6.07) is 5.13. The number of amides is 1. The van der Waals surface area contributed by atoms with E-state index in [0.717, 1.165) is 0 Å². The maximum Gasteiger partial charge on any atom is 0.459 e. The number of carbonyl (C=O) groups excluding carboxylic acids is 2. The molecule has 1 aromatic rings. The molecule has 0 aromatic heterocycles. The summed E-state index contributed by atoms with van der Waals surface area (Å²) < 4.78 is 45.1. The Morgan fingerprint density at radius 2 is 1.81 bits per heavy atom. The van der Waals surface area contributed by atoms with Crippen LogP contribution in [0.15, 0.2) is 24.3 Å². The number of hydrogen-bond donors (Lipinski definition) is 3. The van der Waals surface area contributed by atoms with Crippen LogP contribution in [0.25, 0.3) is 0 Å². The topological polar surface area (TPSA) is 151 Å². The molecule has 1 amide bonds. The second-order valence-corrected chi connectivity index (χ2v) is 8.70. The van der Waals surface area contributed by atoms with Gasteiger partial charge in [0, 0.05) is 0 Å².